The van der Waals surface area contributed by atoms with E-state index in [9.17, 15) is 14.0 Å². The van der Waals surface area contributed by atoms with Gasteiger partial charge in [-0.15, -0.1) is 0 Å². The highest BCUT2D eigenvalue weighted by Crippen LogP contribution is 2.21. The summed E-state index contributed by atoms with van der Waals surface area (Å²) in [5.41, 5.74) is -0.126. The highest BCUT2D eigenvalue weighted by atomic mass is 19.1. The van der Waals surface area contributed by atoms with E-state index in [2.05, 4.69) is 5.32 Å². The van der Waals surface area contributed by atoms with Gasteiger partial charge in [-0.3, -0.25) is 4.79 Å². The molecule has 0 fully saturated rings. The Morgan fingerprint density at radius 2 is 2.05 bits per heavy atom. The van der Waals surface area contributed by atoms with Crippen LogP contribution in [-0.2, 0) is 0 Å². The van der Waals surface area contributed by atoms with Gasteiger partial charge in [0.1, 0.15) is 5.82 Å². The zero-order chi connectivity index (χ0) is 14.0. The maximum absolute atomic E-state index is 13.6. The molecule has 0 bridgehead atoms. The molecule has 0 aliphatic carbocycles. The normalized spacial score (nSPS) is 10.2. The molecule has 0 unspecified atom stereocenters. The lowest BCUT2D eigenvalue weighted by Gasteiger charge is -2.08. The van der Waals surface area contributed by atoms with Gasteiger partial charge in [-0.2, -0.15) is 0 Å². The van der Waals surface area contributed by atoms with Crippen molar-refractivity contribution < 1.29 is 23.5 Å². The fraction of sp³-hybridized carbons (Fsp3) is 0.0769. The summed E-state index contributed by atoms with van der Waals surface area (Å²) < 4.78 is 18.6. The molecule has 98 valence electrons. The molecule has 0 saturated heterocycles. The van der Waals surface area contributed by atoms with E-state index in [1.54, 1.807) is 13.0 Å². The van der Waals surface area contributed by atoms with Gasteiger partial charge in [0, 0.05) is 5.56 Å². The fourth-order valence-electron chi connectivity index (χ4n) is 1.61. The van der Waals surface area contributed by atoms with E-state index in [1.165, 1.54) is 18.4 Å². The van der Waals surface area contributed by atoms with Crippen LogP contribution >= 0.6 is 0 Å². The molecule has 0 radical (unpaired) electrons. The first-order valence-corrected chi connectivity index (χ1v) is 5.38. The molecule has 5 nitrogen and oxygen atoms in total. The number of carbonyl (C=O) groups is 2. The van der Waals surface area contributed by atoms with Crippen molar-refractivity contribution in [2.24, 2.45) is 0 Å². The molecule has 1 aromatic carbocycles. The molecule has 1 amide bonds. The number of hydrogen-bond acceptors (Lipinski definition) is 3. The van der Waals surface area contributed by atoms with Gasteiger partial charge in [-0.1, -0.05) is 6.07 Å². The van der Waals surface area contributed by atoms with Gasteiger partial charge in [-0.05, 0) is 25.1 Å². The number of carbonyl (C=O) groups excluding carboxylic acids is 1. The van der Waals surface area contributed by atoms with Crippen LogP contribution in [0.4, 0.5) is 10.1 Å². The smallest absolute Gasteiger partial charge is 0.337 e. The van der Waals surface area contributed by atoms with Gasteiger partial charge in [0.05, 0.1) is 17.5 Å². The van der Waals surface area contributed by atoms with Crippen molar-refractivity contribution in [3.8, 4) is 0 Å². The summed E-state index contributed by atoms with van der Waals surface area (Å²) in [6.45, 7) is 1.65. The summed E-state index contributed by atoms with van der Waals surface area (Å²) in [5.74, 6) is -2.84. The van der Waals surface area contributed by atoms with E-state index >= 15 is 0 Å². The number of carboxylic acid groups (broad SMARTS) is 1. The summed E-state index contributed by atoms with van der Waals surface area (Å²) in [7, 11) is 0. The van der Waals surface area contributed by atoms with Crippen molar-refractivity contribution in [2.45, 2.75) is 6.92 Å². The Balaban J connectivity index is 2.36. The number of aromatic carboxylic acids is 1. The van der Waals surface area contributed by atoms with E-state index in [-0.39, 0.29) is 17.0 Å². The van der Waals surface area contributed by atoms with Crippen LogP contribution in [0.1, 0.15) is 26.5 Å². The van der Waals surface area contributed by atoms with E-state index in [1.807, 2.05) is 0 Å². The number of rotatable bonds is 3. The topological polar surface area (TPSA) is 79.5 Å². The molecule has 2 aromatic rings. The zero-order valence-electron chi connectivity index (χ0n) is 9.94. The molecular weight excluding hydrogens is 253 g/mol. The second kappa shape index (κ2) is 4.93. The number of benzene rings is 1. The maximum atomic E-state index is 13.6. The second-order valence-corrected chi connectivity index (χ2v) is 3.85. The second-order valence-electron chi connectivity index (χ2n) is 3.85. The Hall–Kier alpha value is -2.63. The number of aryl methyl sites for hydroxylation is 1. The van der Waals surface area contributed by atoms with Crippen LogP contribution in [0.15, 0.2) is 34.9 Å². The molecule has 6 heteroatoms. The van der Waals surface area contributed by atoms with E-state index in [0.29, 0.717) is 5.56 Å². The molecule has 0 aliphatic rings. The average Bonchev–Trinajstić information content (AvgIpc) is 2.77. The number of furan rings is 1. The van der Waals surface area contributed by atoms with Gasteiger partial charge in [0.15, 0.2) is 5.76 Å². The van der Waals surface area contributed by atoms with Crippen molar-refractivity contribution >= 4 is 17.6 Å². The Labute approximate surface area is 107 Å². The lowest BCUT2D eigenvalue weighted by atomic mass is 10.1. The SMILES string of the molecule is Cc1ccoc1C(=O)Nc1c(F)cccc1C(=O)O. The third-order valence-electron chi connectivity index (χ3n) is 2.55. The van der Waals surface area contributed by atoms with Gasteiger partial charge in [0.25, 0.3) is 5.91 Å². The minimum atomic E-state index is -1.33. The van der Waals surface area contributed by atoms with Crippen molar-refractivity contribution in [3.63, 3.8) is 0 Å². The van der Waals surface area contributed by atoms with Crippen LogP contribution in [0.2, 0.25) is 0 Å². The summed E-state index contributed by atoms with van der Waals surface area (Å²) in [5, 5.41) is 11.2. The molecule has 0 atom stereocenters. The largest absolute Gasteiger partial charge is 0.478 e. The molecule has 19 heavy (non-hydrogen) atoms. The number of para-hydroxylation sites is 1. The highest BCUT2D eigenvalue weighted by molar-refractivity contribution is 6.07. The zero-order valence-corrected chi connectivity index (χ0v) is 9.94. The quantitative estimate of drug-likeness (QED) is 0.892. The number of hydrogen-bond donors (Lipinski definition) is 2. The lowest BCUT2D eigenvalue weighted by molar-refractivity contribution is 0.0697. The summed E-state index contributed by atoms with van der Waals surface area (Å²) in [6.07, 6.45) is 1.32. The molecule has 2 rings (SSSR count). The van der Waals surface area contributed by atoms with Crippen LogP contribution in [-0.4, -0.2) is 17.0 Å². The first-order valence-electron chi connectivity index (χ1n) is 5.38. The molecule has 0 saturated carbocycles. The standard InChI is InChI=1S/C13H10FNO4/c1-7-5-6-19-11(7)12(16)15-10-8(13(17)18)3-2-4-9(10)14/h2-6H,1H3,(H,15,16)(H,17,18). The predicted octanol–water partition coefficient (Wildman–Crippen LogP) is 2.68. The number of halogens is 1. The third kappa shape index (κ3) is 2.47. The third-order valence-corrected chi connectivity index (χ3v) is 2.55. The Kier molecular flexibility index (Phi) is 3.33. The monoisotopic (exact) mass is 263 g/mol. The molecule has 1 heterocycles. The first-order chi connectivity index (χ1) is 9.00. The van der Waals surface area contributed by atoms with Crippen molar-refractivity contribution in [2.75, 3.05) is 5.32 Å². The number of carboxylic acids is 1. The molecule has 0 aliphatic heterocycles. The predicted molar refractivity (Wildman–Crippen MR) is 64.8 cm³/mol. The van der Waals surface area contributed by atoms with Crippen LogP contribution in [0, 0.1) is 12.7 Å². The summed E-state index contributed by atoms with van der Waals surface area (Å²) in [6, 6.07) is 5.11. The highest BCUT2D eigenvalue weighted by Gasteiger charge is 2.19. The molecule has 1 aromatic heterocycles. The number of amides is 1. The van der Waals surface area contributed by atoms with Gasteiger partial charge >= 0.3 is 5.97 Å². The van der Waals surface area contributed by atoms with E-state index in [4.69, 9.17) is 9.52 Å². The minimum absolute atomic E-state index is 0.0135. The van der Waals surface area contributed by atoms with Crippen molar-refractivity contribution in [1.29, 1.82) is 0 Å². The van der Waals surface area contributed by atoms with Crippen LogP contribution in [0.25, 0.3) is 0 Å². The first kappa shape index (κ1) is 12.8. The fourth-order valence-corrected chi connectivity index (χ4v) is 1.61. The van der Waals surface area contributed by atoms with Gasteiger partial charge in [0.2, 0.25) is 0 Å². The Morgan fingerprint density at radius 3 is 2.63 bits per heavy atom. The number of nitrogens with one attached hydrogen (secondary N) is 1. The Morgan fingerprint density at radius 1 is 1.32 bits per heavy atom. The van der Waals surface area contributed by atoms with Crippen molar-refractivity contribution in [1.82, 2.24) is 0 Å². The van der Waals surface area contributed by atoms with Crippen molar-refractivity contribution in [3.05, 3.63) is 53.2 Å². The number of anilines is 1. The van der Waals surface area contributed by atoms with Crippen LogP contribution < -0.4 is 5.32 Å². The molecule has 0 spiro atoms. The van der Waals surface area contributed by atoms with E-state index in [0.717, 1.165) is 6.07 Å². The van der Waals surface area contributed by atoms with Gasteiger partial charge < -0.3 is 14.8 Å². The summed E-state index contributed by atoms with van der Waals surface area (Å²) >= 11 is 0. The maximum Gasteiger partial charge on any atom is 0.337 e. The lowest BCUT2D eigenvalue weighted by Crippen LogP contribution is -2.16. The van der Waals surface area contributed by atoms with Crippen LogP contribution in [0.5, 0.6) is 0 Å². The average molecular weight is 263 g/mol. The van der Waals surface area contributed by atoms with E-state index < -0.39 is 17.7 Å². The van der Waals surface area contributed by atoms with Crippen LogP contribution in [0.3, 0.4) is 0 Å². The minimum Gasteiger partial charge on any atom is -0.478 e. The Bertz CT molecular complexity index is 648. The molecular formula is C13H10FNO4. The molecule has 2 N–H and O–H groups in total. The van der Waals surface area contributed by atoms with Gasteiger partial charge in [-0.25, -0.2) is 9.18 Å². The summed E-state index contributed by atoms with van der Waals surface area (Å²) in [4.78, 5) is 22.8.